The van der Waals surface area contributed by atoms with E-state index in [4.69, 9.17) is 0 Å². The van der Waals surface area contributed by atoms with Crippen molar-refractivity contribution < 1.29 is 0 Å². The molecule has 2 rings (SSSR count). The summed E-state index contributed by atoms with van der Waals surface area (Å²) in [5, 5.41) is 3.55. The first-order chi connectivity index (χ1) is 13.8. The Morgan fingerprint density at radius 2 is 1.32 bits per heavy atom. The summed E-state index contributed by atoms with van der Waals surface area (Å²) >= 11 is 0. The van der Waals surface area contributed by atoms with Crippen LogP contribution in [0.5, 0.6) is 0 Å². The maximum absolute atomic E-state index is 4.30. The average molecular weight is 384 g/mol. The molecule has 1 nitrogen and oxygen atoms in total. The molecule has 158 valence electrons. The Hall–Kier alpha value is -1.16. The lowest BCUT2D eigenvalue weighted by Crippen LogP contribution is -2.16. The Kier molecular flexibility index (Phi) is 13.0. The fraction of sp³-hybridized carbons (Fsp3) is 0.778. The molecule has 0 saturated heterocycles. The standard InChI is InChI=1S/C27H45N/c1-25(24-27-21-14-7-4-2-3-5-8-15-22-27)28-23-17-11-16-20-26-18-12-9-6-10-13-19-26/h2-3,26-28H,1,4-10,12-15,17-24H2/b3-2+. The lowest BCUT2D eigenvalue weighted by molar-refractivity contribution is 0.384. The molecule has 1 fully saturated rings. The minimum Gasteiger partial charge on any atom is -0.388 e. The normalized spacial score (nSPS) is 22.0. The van der Waals surface area contributed by atoms with Crippen molar-refractivity contribution in [2.24, 2.45) is 11.8 Å². The van der Waals surface area contributed by atoms with Gasteiger partial charge in [0.2, 0.25) is 0 Å². The van der Waals surface area contributed by atoms with Gasteiger partial charge in [-0.25, -0.2) is 0 Å². The van der Waals surface area contributed by atoms with Crippen molar-refractivity contribution in [2.45, 2.75) is 116 Å². The predicted molar refractivity (Wildman–Crippen MR) is 124 cm³/mol. The average Bonchev–Trinajstić information content (AvgIpc) is 2.72. The third kappa shape index (κ3) is 11.6. The largest absolute Gasteiger partial charge is 0.388 e. The van der Waals surface area contributed by atoms with Gasteiger partial charge in [-0.15, -0.1) is 11.8 Å². The van der Waals surface area contributed by atoms with Crippen LogP contribution in [0, 0.1) is 23.7 Å². The first kappa shape index (κ1) is 23.1. The van der Waals surface area contributed by atoms with Crippen molar-refractivity contribution in [3.8, 4) is 11.8 Å². The zero-order chi connectivity index (χ0) is 19.7. The quantitative estimate of drug-likeness (QED) is 0.279. The van der Waals surface area contributed by atoms with Crippen LogP contribution < -0.4 is 5.32 Å². The van der Waals surface area contributed by atoms with E-state index in [1.165, 1.54) is 102 Å². The second-order valence-corrected chi connectivity index (χ2v) is 9.16. The van der Waals surface area contributed by atoms with Crippen molar-refractivity contribution in [1.82, 2.24) is 5.32 Å². The molecule has 0 bridgehead atoms. The Bertz CT molecular complexity index is 470. The van der Waals surface area contributed by atoms with Crippen molar-refractivity contribution >= 4 is 0 Å². The van der Waals surface area contributed by atoms with Gasteiger partial charge in [-0.1, -0.05) is 76.5 Å². The molecule has 2 aliphatic rings. The van der Waals surface area contributed by atoms with E-state index >= 15 is 0 Å². The molecule has 1 heteroatoms. The maximum Gasteiger partial charge on any atom is 0.0262 e. The molecule has 0 unspecified atom stereocenters. The lowest BCUT2D eigenvalue weighted by Gasteiger charge is -2.19. The van der Waals surface area contributed by atoms with Gasteiger partial charge in [-0.3, -0.25) is 0 Å². The van der Waals surface area contributed by atoms with E-state index in [1.54, 1.807) is 0 Å². The minimum atomic E-state index is 0.823. The van der Waals surface area contributed by atoms with Crippen LogP contribution in [0.3, 0.4) is 0 Å². The Balaban J connectivity index is 1.57. The molecule has 2 aliphatic carbocycles. The highest BCUT2D eigenvalue weighted by molar-refractivity contribution is 5.02. The highest BCUT2D eigenvalue weighted by atomic mass is 14.9. The van der Waals surface area contributed by atoms with Gasteiger partial charge in [-0.05, 0) is 56.8 Å². The Labute approximate surface area is 175 Å². The molecule has 0 aromatic heterocycles. The molecule has 0 aromatic carbocycles. The zero-order valence-electron chi connectivity index (χ0n) is 18.5. The topological polar surface area (TPSA) is 12.0 Å². The molecular weight excluding hydrogens is 338 g/mol. The molecule has 1 saturated carbocycles. The fourth-order valence-electron chi connectivity index (χ4n) is 4.75. The number of allylic oxidation sites excluding steroid dienone is 3. The Morgan fingerprint density at radius 3 is 2.00 bits per heavy atom. The Morgan fingerprint density at radius 1 is 0.750 bits per heavy atom. The van der Waals surface area contributed by atoms with Crippen LogP contribution in [-0.4, -0.2) is 6.54 Å². The molecule has 28 heavy (non-hydrogen) atoms. The van der Waals surface area contributed by atoms with Gasteiger partial charge >= 0.3 is 0 Å². The monoisotopic (exact) mass is 383 g/mol. The molecular formula is C27H45N. The summed E-state index contributed by atoms with van der Waals surface area (Å²) in [5.41, 5.74) is 1.24. The number of hydrogen-bond acceptors (Lipinski definition) is 1. The smallest absolute Gasteiger partial charge is 0.0262 e. The van der Waals surface area contributed by atoms with Gasteiger partial charge in [0.05, 0.1) is 0 Å². The van der Waals surface area contributed by atoms with Crippen molar-refractivity contribution in [2.75, 3.05) is 6.54 Å². The molecule has 0 heterocycles. The maximum atomic E-state index is 4.30. The third-order valence-electron chi connectivity index (χ3n) is 6.53. The summed E-state index contributed by atoms with van der Waals surface area (Å²) in [6, 6.07) is 0. The van der Waals surface area contributed by atoms with E-state index in [1.807, 2.05) is 0 Å². The van der Waals surface area contributed by atoms with Gasteiger partial charge in [0.1, 0.15) is 0 Å². The van der Waals surface area contributed by atoms with Gasteiger partial charge in [0.25, 0.3) is 0 Å². The molecule has 0 aromatic rings. The number of nitrogens with one attached hydrogen (secondary N) is 1. The first-order valence-electron chi connectivity index (χ1n) is 12.4. The zero-order valence-corrected chi connectivity index (χ0v) is 18.5. The third-order valence-corrected chi connectivity index (χ3v) is 6.53. The minimum absolute atomic E-state index is 0.823. The van der Waals surface area contributed by atoms with Gasteiger partial charge < -0.3 is 5.32 Å². The molecule has 0 amide bonds. The van der Waals surface area contributed by atoms with Crippen molar-refractivity contribution in [3.05, 3.63) is 24.4 Å². The summed E-state index contributed by atoms with van der Waals surface area (Å²) in [6.07, 6.45) is 28.7. The van der Waals surface area contributed by atoms with E-state index in [-0.39, 0.29) is 0 Å². The first-order valence-corrected chi connectivity index (χ1v) is 12.4. The van der Waals surface area contributed by atoms with Crippen LogP contribution in [-0.2, 0) is 0 Å². The summed E-state index contributed by atoms with van der Waals surface area (Å²) in [4.78, 5) is 0. The number of rotatable bonds is 6. The SMILES string of the molecule is C=C(CC1CCCC/C=C/CCCC1)NCCC#CCC1CCCCCCC1. The fourth-order valence-corrected chi connectivity index (χ4v) is 4.75. The summed E-state index contributed by atoms with van der Waals surface area (Å²) in [5.74, 6) is 8.56. The second-order valence-electron chi connectivity index (χ2n) is 9.16. The predicted octanol–water partition coefficient (Wildman–Crippen LogP) is 7.93. The summed E-state index contributed by atoms with van der Waals surface area (Å²) < 4.78 is 0. The van der Waals surface area contributed by atoms with Gasteiger partial charge in [0, 0.05) is 25.1 Å². The molecule has 0 aliphatic heterocycles. The van der Waals surface area contributed by atoms with Crippen LogP contribution in [0.2, 0.25) is 0 Å². The highest BCUT2D eigenvalue weighted by Crippen LogP contribution is 2.25. The van der Waals surface area contributed by atoms with Crippen LogP contribution in [0.25, 0.3) is 0 Å². The van der Waals surface area contributed by atoms with E-state index in [0.29, 0.717) is 0 Å². The molecule has 0 radical (unpaired) electrons. The van der Waals surface area contributed by atoms with Gasteiger partial charge in [0.15, 0.2) is 0 Å². The van der Waals surface area contributed by atoms with E-state index < -0.39 is 0 Å². The van der Waals surface area contributed by atoms with Crippen LogP contribution in [0.1, 0.15) is 116 Å². The van der Waals surface area contributed by atoms with Crippen LogP contribution >= 0.6 is 0 Å². The van der Waals surface area contributed by atoms with Crippen LogP contribution in [0.15, 0.2) is 24.4 Å². The van der Waals surface area contributed by atoms with E-state index in [2.05, 4.69) is 35.9 Å². The molecule has 1 N–H and O–H groups in total. The van der Waals surface area contributed by atoms with E-state index in [0.717, 1.165) is 37.6 Å². The summed E-state index contributed by atoms with van der Waals surface area (Å²) in [6.45, 7) is 5.27. The highest BCUT2D eigenvalue weighted by Gasteiger charge is 2.11. The number of hydrogen-bond donors (Lipinski definition) is 1. The second kappa shape index (κ2) is 15.7. The van der Waals surface area contributed by atoms with Crippen molar-refractivity contribution in [3.63, 3.8) is 0 Å². The summed E-state index contributed by atoms with van der Waals surface area (Å²) in [7, 11) is 0. The van der Waals surface area contributed by atoms with Crippen molar-refractivity contribution in [1.29, 1.82) is 0 Å². The lowest BCUT2D eigenvalue weighted by atomic mass is 9.89. The molecule has 0 spiro atoms. The molecule has 0 atom stereocenters. The van der Waals surface area contributed by atoms with Crippen LogP contribution in [0.4, 0.5) is 0 Å². The van der Waals surface area contributed by atoms with E-state index in [9.17, 15) is 0 Å². The van der Waals surface area contributed by atoms with Gasteiger partial charge in [-0.2, -0.15) is 0 Å².